The fourth-order valence-corrected chi connectivity index (χ4v) is 2.08. The van der Waals surface area contributed by atoms with Gasteiger partial charge in [0.1, 0.15) is 0 Å². The lowest BCUT2D eigenvalue weighted by atomic mass is 10.1. The van der Waals surface area contributed by atoms with Gasteiger partial charge in [-0.2, -0.15) is 18.4 Å². The molecular formula is C15H10ClF3N2. The number of nitrogens with zero attached hydrogens (tertiary/aromatic N) is 1. The molecule has 2 nitrogen and oxygen atoms in total. The smallest absolute Gasteiger partial charge is 0.380 e. The van der Waals surface area contributed by atoms with E-state index >= 15 is 0 Å². The zero-order valence-corrected chi connectivity index (χ0v) is 11.5. The van der Waals surface area contributed by atoms with Gasteiger partial charge in [-0.15, -0.1) is 0 Å². The molecule has 108 valence electrons. The number of rotatable bonds is 3. The molecule has 0 unspecified atom stereocenters. The molecule has 6 heteroatoms. The van der Waals surface area contributed by atoms with Crippen LogP contribution in [0.4, 0.5) is 18.9 Å². The SMILES string of the molecule is N#Cc1ccc(CNc2ccccc2C(F)(F)F)c(Cl)c1. The van der Waals surface area contributed by atoms with E-state index in [1.54, 1.807) is 12.1 Å². The van der Waals surface area contributed by atoms with E-state index < -0.39 is 11.7 Å². The molecule has 2 rings (SSSR count). The summed E-state index contributed by atoms with van der Waals surface area (Å²) in [7, 11) is 0. The largest absolute Gasteiger partial charge is 0.418 e. The molecule has 0 atom stereocenters. The standard InChI is InChI=1S/C15H10ClF3N2/c16-13-7-10(8-20)5-6-11(13)9-21-14-4-2-1-3-12(14)15(17,18)19/h1-7,21H,9H2. The van der Waals surface area contributed by atoms with Crippen LogP contribution < -0.4 is 5.32 Å². The first-order valence-electron chi connectivity index (χ1n) is 6.00. The van der Waals surface area contributed by atoms with Crippen molar-refractivity contribution in [2.45, 2.75) is 12.7 Å². The quantitative estimate of drug-likeness (QED) is 0.880. The molecule has 0 aliphatic rings. The molecule has 2 aromatic rings. The van der Waals surface area contributed by atoms with Gasteiger partial charge in [0.05, 0.1) is 17.2 Å². The van der Waals surface area contributed by atoms with E-state index in [4.69, 9.17) is 16.9 Å². The van der Waals surface area contributed by atoms with E-state index in [9.17, 15) is 13.2 Å². The van der Waals surface area contributed by atoms with Crippen LogP contribution in [0.1, 0.15) is 16.7 Å². The van der Waals surface area contributed by atoms with Gasteiger partial charge in [-0.25, -0.2) is 0 Å². The van der Waals surface area contributed by atoms with Crippen molar-refractivity contribution in [2.24, 2.45) is 0 Å². The highest BCUT2D eigenvalue weighted by atomic mass is 35.5. The first kappa shape index (κ1) is 15.2. The van der Waals surface area contributed by atoms with Gasteiger partial charge in [-0.05, 0) is 29.8 Å². The molecule has 0 bridgehead atoms. The summed E-state index contributed by atoms with van der Waals surface area (Å²) in [6.07, 6.45) is -4.42. The lowest BCUT2D eigenvalue weighted by molar-refractivity contribution is -0.136. The third-order valence-electron chi connectivity index (χ3n) is 2.88. The van der Waals surface area contributed by atoms with Crippen LogP contribution in [0.5, 0.6) is 0 Å². The number of nitrogens with one attached hydrogen (secondary N) is 1. The predicted molar refractivity (Wildman–Crippen MR) is 74.9 cm³/mol. The molecule has 0 radical (unpaired) electrons. The first-order chi connectivity index (χ1) is 9.91. The monoisotopic (exact) mass is 310 g/mol. The third kappa shape index (κ3) is 3.67. The molecule has 0 heterocycles. The third-order valence-corrected chi connectivity index (χ3v) is 3.24. The Balaban J connectivity index is 2.20. The lowest BCUT2D eigenvalue weighted by Crippen LogP contribution is -2.10. The minimum absolute atomic E-state index is 0.00886. The number of anilines is 1. The molecular weight excluding hydrogens is 301 g/mol. The van der Waals surface area contributed by atoms with Gasteiger partial charge in [-0.1, -0.05) is 29.8 Å². The van der Waals surface area contributed by atoms with Gasteiger partial charge < -0.3 is 5.32 Å². The molecule has 1 N–H and O–H groups in total. The second-order valence-corrected chi connectivity index (χ2v) is 4.72. The van der Waals surface area contributed by atoms with Crippen molar-refractivity contribution in [3.63, 3.8) is 0 Å². The number of nitriles is 1. The number of benzene rings is 2. The van der Waals surface area contributed by atoms with Crippen molar-refractivity contribution >= 4 is 17.3 Å². The molecule has 0 spiro atoms. The fourth-order valence-electron chi connectivity index (χ4n) is 1.84. The van der Waals surface area contributed by atoms with E-state index in [2.05, 4.69) is 5.32 Å². The molecule has 0 aromatic heterocycles. The second-order valence-electron chi connectivity index (χ2n) is 4.31. The Kier molecular flexibility index (Phi) is 4.39. The molecule has 0 aliphatic heterocycles. The Morgan fingerprint density at radius 1 is 1.14 bits per heavy atom. The van der Waals surface area contributed by atoms with Crippen LogP contribution in [-0.4, -0.2) is 0 Å². The summed E-state index contributed by atoms with van der Waals surface area (Å²) in [5.74, 6) is 0. The normalized spacial score (nSPS) is 11.0. The number of hydrogen-bond acceptors (Lipinski definition) is 2. The molecule has 0 saturated heterocycles. The first-order valence-corrected chi connectivity index (χ1v) is 6.38. The summed E-state index contributed by atoms with van der Waals surface area (Å²) in [5.41, 5.74) is 0.285. The van der Waals surface area contributed by atoms with Crippen LogP contribution in [0.15, 0.2) is 42.5 Å². The zero-order chi connectivity index (χ0) is 15.5. The summed E-state index contributed by atoms with van der Waals surface area (Å²) < 4.78 is 38.6. The maximum atomic E-state index is 12.9. The van der Waals surface area contributed by atoms with E-state index in [-0.39, 0.29) is 12.2 Å². The van der Waals surface area contributed by atoms with Crippen LogP contribution in [0.3, 0.4) is 0 Å². The van der Waals surface area contributed by atoms with Gasteiger partial charge in [0.15, 0.2) is 0 Å². The lowest BCUT2D eigenvalue weighted by Gasteiger charge is -2.14. The minimum Gasteiger partial charge on any atom is -0.380 e. The van der Waals surface area contributed by atoms with E-state index in [1.165, 1.54) is 24.3 Å². The Morgan fingerprint density at radius 3 is 2.48 bits per heavy atom. The van der Waals surface area contributed by atoms with Crippen LogP contribution in [0.2, 0.25) is 5.02 Å². The van der Waals surface area contributed by atoms with Gasteiger partial charge in [0.2, 0.25) is 0 Å². The number of para-hydroxylation sites is 1. The molecule has 21 heavy (non-hydrogen) atoms. The van der Waals surface area contributed by atoms with Crippen LogP contribution in [-0.2, 0) is 12.7 Å². The minimum atomic E-state index is -4.42. The summed E-state index contributed by atoms with van der Waals surface area (Å²) >= 11 is 5.99. The van der Waals surface area contributed by atoms with Crippen LogP contribution in [0.25, 0.3) is 0 Å². The summed E-state index contributed by atoms with van der Waals surface area (Å²) in [6, 6.07) is 11.8. The average molecular weight is 311 g/mol. The van der Waals surface area contributed by atoms with Crippen molar-refractivity contribution < 1.29 is 13.2 Å². The van der Waals surface area contributed by atoms with Crippen molar-refractivity contribution in [3.05, 3.63) is 64.2 Å². The Hall–Kier alpha value is -2.19. The maximum absolute atomic E-state index is 12.9. The predicted octanol–water partition coefficient (Wildman–Crippen LogP) is 4.84. The second kappa shape index (κ2) is 6.06. The number of halogens is 4. The van der Waals surface area contributed by atoms with Gasteiger partial charge in [0.25, 0.3) is 0 Å². The molecule has 0 fully saturated rings. The highest BCUT2D eigenvalue weighted by Crippen LogP contribution is 2.34. The van der Waals surface area contributed by atoms with E-state index in [1.807, 2.05) is 6.07 Å². The highest BCUT2D eigenvalue weighted by molar-refractivity contribution is 6.31. The molecule has 0 amide bonds. The van der Waals surface area contributed by atoms with Crippen molar-refractivity contribution in [1.29, 1.82) is 5.26 Å². The Bertz CT molecular complexity index is 690. The summed E-state index contributed by atoms with van der Waals surface area (Å²) in [4.78, 5) is 0. The zero-order valence-electron chi connectivity index (χ0n) is 10.7. The van der Waals surface area contributed by atoms with Crippen molar-refractivity contribution in [3.8, 4) is 6.07 Å². The molecule has 0 saturated carbocycles. The number of alkyl halides is 3. The van der Waals surface area contributed by atoms with Crippen LogP contribution >= 0.6 is 11.6 Å². The maximum Gasteiger partial charge on any atom is 0.418 e. The van der Waals surface area contributed by atoms with Crippen molar-refractivity contribution in [2.75, 3.05) is 5.32 Å². The van der Waals surface area contributed by atoms with Gasteiger partial charge >= 0.3 is 6.18 Å². The Labute approximate surface area is 124 Å². The van der Waals surface area contributed by atoms with Gasteiger partial charge in [0, 0.05) is 17.3 Å². The van der Waals surface area contributed by atoms with Gasteiger partial charge in [-0.3, -0.25) is 0 Å². The fraction of sp³-hybridized carbons (Fsp3) is 0.133. The Morgan fingerprint density at radius 2 is 1.86 bits per heavy atom. The molecule has 2 aromatic carbocycles. The number of hydrogen-bond donors (Lipinski definition) is 1. The molecule has 0 aliphatic carbocycles. The average Bonchev–Trinajstić information content (AvgIpc) is 2.45. The summed E-state index contributed by atoms with van der Waals surface area (Å²) in [5, 5.41) is 11.8. The van der Waals surface area contributed by atoms with Crippen molar-refractivity contribution in [1.82, 2.24) is 0 Å². The van der Waals surface area contributed by atoms with E-state index in [0.717, 1.165) is 6.07 Å². The van der Waals surface area contributed by atoms with Crippen LogP contribution in [0, 0.1) is 11.3 Å². The highest BCUT2D eigenvalue weighted by Gasteiger charge is 2.33. The van der Waals surface area contributed by atoms with E-state index in [0.29, 0.717) is 16.1 Å². The topological polar surface area (TPSA) is 35.8 Å². The summed E-state index contributed by atoms with van der Waals surface area (Å²) in [6.45, 7) is 0.137.